The molecule has 4 aromatic rings. The van der Waals surface area contributed by atoms with Gasteiger partial charge in [0.05, 0.1) is 5.56 Å². The summed E-state index contributed by atoms with van der Waals surface area (Å²) >= 11 is 7.27. The number of aromatic nitrogens is 3. The fourth-order valence-corrected chi connectivity index (χ4v) is 8.69. The fourth-order valence-electron chi connectivity index (χ4n) is 5.39. The Balaban J connectivity index is 1.24. The zero-order valence-corrected chi connectivity index (χ0v) is 24.8. The van der Waals surface area contributed by atoms with Crippen LogP contribution >= 0.6 is 22.9 Å². The molecule has 1 unspecified atom stereocenters. The lowest BCUT2D eigenvalue weighted by Gasteiger charge is -2.40. The van der Waals surface area contributed by atoms with Gasteiger partial charge < -0.3 is 15.0 Å². The third kappa shape index (κ3) is 5.56. The molecule has 0 aliphatic carbocycles. The summed E-state index contributed by atoms with van der Waals surface area (Å²) in [5.41, 5.74) is 0.818. The summed E-state index contributed by atoms with van der Waals surface area (Å²) in [4.78, 5) is 37.7. The van der Waals surface area contributed by atoms with E-state index >= 15 is 0 Å². The Morgan fingerprint density at radius 2 is 1.93 bits per heavy atom. The van der Waals surface area contributed by atoms with E-state index in [1.807, 2.05) is 0 Å². The highest BCUT2D eigenvalue weighted by Gasteiger charge is 2.38. The van der Waals surface area contributed by atoms with E-state index in [-0.39, 0.29) is 35.6 Å². The first kappa shape index (κ1) is 28.5. The van der Waals surface area contributed by atoms with Gasteiger partial charge in [-0.1, -0.05) is 17.7 Å². The minimum atomic E-state index is -3.84. The largest absolute Gasteiger partial charge is 0.618 e. The molecule has 1 atom stereocenters. The van der Waals surface area contributed by atoms with Crippen LogP contribution in [0.5, 0.6) is 0 Å². The Hall–Kier alpha value is -3.65. The van der Waals surface area contributed by atoms with E-state index in [0.29, 0.717) is 46.9 Å². The fraction of sp³-hybridized carbons (Fsp3) is 0.321. The molecular formula is C28H27ClN6O5S2. The second-order valence-electron chi connectivity index (χ2n) is 10.2. The number of nitrogens with zero attached hydrogens (tertiary/aromatic N) is 6. The minimum absolute atomic E-state index is 0.0490. The van der Waals surface area contributed by atoms with Gasteiger partial charge in [-0.05, 0) is 42.5 Å². The lowest BCUT2D eigenvalue weighted by Crippen LogP contribution is -2.57. The first-order valence-electron chi connectivity index (χ1n) is 13.5. The molecule has 2 fully saturated rings. The third-order valence-corrected chi connectivity index (χ3v) is 11.3. The van der Waals surface area contributed by atoms with Gasteiger partial charge in [-0.3, -0.25) is 9.59 Å². The number of thiophene rings is 1. The molecule has 1 aromatic carbocycles. The van der Waals surface area contributed by atoms with Gasteiger partial charge in [0.25, 0.3) is 15.9 Å². The molecule has 11 nitrogen and oxygen atoms in total. The number of fused-ring (bicyclic) bond motifs is 1. The molecule has 3 aromatic heterocycles. The molecule has 2 amide bonds. The zero-order valence-electron chi connectivity index (χ0n) is 22.4. The maximum absolute atomic E-state index is 13.7. The van der Waals surface area contributed by atoms with Crippen molar-refractivity contribution in [1.29, 1.82) is 0 Å². The number of rotatable bonds is 7. The van der Waals surface area contributed by atoms with Crippen molar-refractivity contribution < 1.29 is 22.7 Å². The van der Waals surface area contributed by atoms with Crippen LogP contribution < -0.4 is 4.73 Å². The van der Waals surface area contributed by atoms with Crippen molar-refractivity contribution in [2.24, 2.45) is 0 Å². The predicted octanol–water partition coefficient (Wildman–Crippen LogP) is 3.17. The number of carbonyl (C=O) groups is 2. The molecule has 0 radical (unpaired) electrons. The first-order chi connectivity index (χ1) is 20.2. The number of pyridine rings is 1. The van der Waals surface area contributed by atoms with E-state index in [1.54, 1.807) is 52.3 Å². The van der Waals surface area contributed by atoms with Gasteiger partial charge in [0, 0.05) is 79.4 Å². The highest BCUT2D eigenvalue weighted by atomic mass is 35.5. The number of sulfonamides is 1. The van der Waals surface area contributed by atoms with E-state index in [4.69, 9.17) is 11.6 Å². The summed E-state index contributed by atoms with van der Waals surface area (Å²) in [6.45, 7) is 1.37. The first-order valence-corrected chi connectivity index (χ1v) is 16.1. The van der Waals surface area contributed by atoms with Crippen molar-refractivity contribution in [3.8, 4) is 11.3 Å². The molecule has 0 N–H and O–H groups in total. The number of likely N-dealkylation sites (tertiary alicyclic amines) is 1. The van der Waals surface area contributed by atoms with Crippen LogP contribution in [0.15, 0.2) is 65.3 Å². The summed E-state index contributed by atoms with van der Waals surface area (Å²) in [6, 6.07) is 11.4. The van der Waals surface area contributed by atoms with Crippen LogP contribution in [0.25, 0.3) is 21.3 Å². The van der Waals surface area contributed by atoms with Crippen molar-refractivity contribution in [3.05, 3.63) is 77.1 Å². The highest BCUT2D eigenvalue weighted by molar-refractivity contribution is 7.91. The second-order valence-corrected chi connectivity index (χ2v) is 13.9. The second kappa shape index (κ2) is 11.6. The number of hydrogen-bond donors (Lipinski definition) is 0. The topological polar surface area (TPSA) is 131 Å². The van der Waals surface area contributed by atoms with Gasteiger partial charge >= 0.3 is 0 Å². The molecule has 2 saturated heterocycles. The molecule has 2 aliphatic rings. The molecule has 0 spiro atoms. The molecule has 42 heavy (non-hydrogen) atoms. The van der Waals surface area contributed by atoms with Crippen LogP contribution in [0.2, 0.25) is 5.02 Å². The van der Waals surface area contributed by atoms with Gasteiger partial charge in [-0.25, -0.2) is 18.4 Å². The van der Waals surface area contributed by atoms with Gasteiger partial charge in [0.15, 0.2) is 6.20 Å². The van der Waals surface area contributed by atoms with E-state index in [1.165, 1.54) is 22.9 Å². The van der Waals surface area contributed by atoms with Crippen molar-refractivity contribution in [3.63, 3.8) is 0 Å². The van der Waals surface area contributed by atoms with Crippen molar-refractivity contribution >= 4 is 54.9 Å². The predicted molar refractivity (Wildman–Crippen MR) is 157 cm³/mol. The van der Waals surface area contributed by atoms with Gasteiger partial charge in [0.2, 0.25) is 17.4 Å². The standard InChI is InChI=1S/C28H27ClN6O5S2/c29-21-7-6-19-14-26(41-24(19)15-21)42(39,40)33-12-13-34(22(18-33)8-11-32-9-3-5-25(32)36)28(37)27-30-16-20(17-31-27)23-4-1-2-10-35(23)38/h1-2,4,6-7,10,14-17,22H,3,5,8-9,11-13,18H2. The van der Waals surface area contributed by atoms with Crippen LogP contribution in [0.4, 0.5) is 0 Å². The van der Waals surface area contributed by atoms with Gasteiger partial charge in [-0.15, -0.1) is 11.3 Å². The van der Waals surface area contributed by atoms with E-state index in [9.17, 15) is 23.2 Å². The van der Waals surface area contributed by atoms with Crippen LogP contribution in [0.3, 0.4) is 0 Å². The summed E-state index contributed by atoms with van der Waals surface area (Å²) in [7, 11) is -3.84. The van der Waals surface area contributed by atoms with Gasteiger partial charge in [0.1, 0.15) is 4.21 Å². The van der Waals surface area contributed by atoms with Crippen molar-refractivity contribution in [1.82, 2.24) is 24.1 Å². The maximum Gasteiger partial charge on any atom is 0.291 e. The Morgan fingerprint density at radius 1 is 1.12 bits per heavy atom. The third-order valence-electron chi connectivity index (χ3n) is 7.63. The van der Waals surface area contributed by atoms with Crippen molar-refractivity contribution in [2.45, 2.75) is 29.5 Å². The van der Waals surface area contributed by atoms with Crippen LogP contribution in [0.1, 0.15) is 29.9 Å². The maximum atomic E-state index is 13.7. The average molecular weight is 627 g/mol. The van der Waals surface area contributed by atoms with Crippen LogP contribution in [-0.2, 0) is 14.8 Å². The zero-order chi connectivity index (χ0) is 29.4. The Bertz CT molecular complexity index is 1760. The van der Waals surface area contributed by atoms with Gasteiger partial charge in [-0.2, -0.15) is 9.04 Å². The number of carbonyl (C=O) groups excluding carboxylic acids is 2. The smallest absolute Gasteiger partial charge is 0.291 e. The normalized spacial score (nSPS) is 18.2. The lowest BCUT2D eigenvalue weighted by molar-refractivity contribution is -0.593. The molecule has 5 heterocycles. The molecule has 14 heteroatoms. The van der Waals surface area contributed by atoms with E-state index < -0.39 is 22.0 Å². The highest BCUT2D eigenvalue weighted by Crippen LogP contribution is 2.34. The molecular weight excluding hydrogens is 600 g/mol. The SMILES string of the molecule is O=C1CCCN1CCC1CN(S(=O)(=O)c2cc3ccc(Cl)cc3s2)CCN1C(=O)c1ncc(-c2cccc[n+]2[O-])cn1. The minimum Gasteiger partial charge on any atom is -0.618 e. The lowest BCUT2D eigenvalue weighted by atomic mass is 10.1. The number of piperazine rings is 1. The number of amides is 2. The Kier molecular flexibility index (Phi) is 7.83. The summed E-state index contributed by atoms with van der Waals surface area (Å²) < 4.78 is 30.5. The molecule has 6 rings (SSSR count). The summed E-state index contributed by atoms with van der Waals surface area (Å²) in [5, 5.41) is 13.4. The Morgan fingerprint density at radius 3 is 2.67 bits per heavy atom. The molecule has 0 bridgehead atoms. The average Bonchev–Trinajstić information content (AvgIpc) is 3.61. The monoisotopic (exact) mass is 626 g/mol. The molecule has 0 saturated carbocycles. The van der Waals surface area contributed by atoms with Crippen molar-refractivity contribution in [2.75, 3.05) is 32.7 Å². The molecule has 2 aliphatic heterocycles. The number of benzene rings is 1. The van der Waals surface area contributed by atoms with E-state index in [0.717, 1.165) is 27.8 Å². The van der Waals surface area contributed by atoms with E-state index in [2.05, 4.69) is 9.97 Å². The molecule has 218 valence electrons. The summed E-state index contributed by atoms with van der Waals surface area (Å²) in [5.74, 6) is -0.421. The number of halogens is 1. The number of hydrogen-bond acceptors (Lipinski definition) is 8. The summed E-state index contributed by atoms with van der Waals surface area (Å²) in [6.07, 6.45) is 5.91. The van der Waals surface area contributed by atoms with Crippen LogP contribution in [0, 0.1) is 5.21 Å². The Labute approximate surface area is 251 Å². The van der Waals surface area contributed by atoms with Crippen LogP contribution in [-0.4, -0.2) is 83.1 Å². The quantitative estimate of drug-likeness (QED) is 0.227.